The molecule has 0 saturated heterocycles. The number of aryl methyl sites for hydroxylation is 1. The SMILES string of the molecule is CCN1/C(=C\C=C\c2n(Cc3ccccc3S(=O)(=O)[O-])c3cc(C(F)(F)F)ccc3[n+]2C)N(C#CSOO[O-])c2cc(C(F)(F)F)c(Cl)cc21.[Na+]. The van der Waals surface area contributed by atoms with Gasteiger partial charge in [-0.15, -0.1) is 0 Å². The Morgan fingerprint density at radius 2 is 1.75 bits per heavy atom. The predicted octanol–water partition coefficient (Wildman–Crippen LogP) is 3.10. The molecule has 20 heteroatoms. The molecule has 0 spiro atoms. The largest absolute Gasteiger partial charge is 1.00 e. The van der Waals surface area contributed by atoms with Crippen molar-refractivity contribution in [3.63, 3.8) is 0 Å². The first-order valence-corrected chi connectivity index (χ1v) is 16.6. The quantitative estimate of drug-likeness (QED) is 0.0307. The van der Waals surface area contributed by atoms with Crippen LogP contribution in [0.25, 0.3) is 17.1 Å². The van der Waals surface area contributed by atoms with Crippen LogP contribution in [0.1, 0.15) is 29.4 Å². The number of allylic oxidation sites excluding steroid dienone is 2. The van der Waals surface area contributed by atoms with Gasteiger partial charge in [-0.05, 0) is 43.3 Å². The van der Waals surface area contributed by atoms with Gasteiger partial charge >= 0.3 is 41.9 Å². The standard InChI is InChI=1S/C31H23ClF6N4O6S2.Na/c1-3-40-26-17-22(32)21(31(36,37)38)16-25(26)41(13-14-49-48-47-43)29(40)10-6-9-28-39(2)23-12-11-20(30(33,34)35)15-24(23)42(28)18-19-7-4-5-8-27(19)50(44,45)46;/h4-12,15-17H,3,18H2,1-2H3,(H-,43,44,45,46);/q;+1/p-1. The van der Waals surface area contributed by atoms with Crippen molar-refractivity contribution >= 4 is 62.2 Å². The van der Waals surface area contributed by atoms with E-state index in [9.17, 15) is 44.6 Å². The third kappa shape index (κ3) is 8.54. The van der Waals surface area contributed by atoms with Crippen LogP contribution in [0.2, 0.25) is 5.02 Å². The smallest absolute Gasteiger partial charge is 0.744 e. The molecule has 1 aromatic heterocycles. The third-order valence-corrected chi connectivity index (χ3v) is 9.17. The van der Waals surface area contributed by atoms with Crippen molar-refractivity contribution in [2.24, 2.45) is 7.05 Å². The van der Waals surface area contributed by atoms with E-state index in [4.69, 9.17) is 11.6 Å². The van der Waals surface area contributed by atoms with E-state index < -0.39 is 43.5 Å². The third-order valence-electron chi connectivity index (χ3n) is 7.62. The van der Waals surface area contributed by atoms with Gasteiger partial charge in [-0.1, -0.05) is 35.9 Å². The van der Waals surface area contributed by atoms with Gasteiger partial charge in [-0.25, -0.2) is 17.6 Å². The van der Waals surface area contributed by atoms with Crippen LogP contribution in [0.15, 0.2) is 77.5 Å². The molecule has 264 valence electrons. The summed E-state index contributed by atoms with van der Waals surface area (Å²) in [5, 5.41) is 15.3. The second-order valence-corrected chi connectivity index (χ2v) is 12.7. The number of aromatic nitrogens is 2. The minimum Gasteiger partial charge on any atom is -0.744 e. The summed E-state index contributed by atoms with van der Waals surface area (Å²) >= 11 is 6.29. The number of halogens is 7. The summed E-state index contributed by atoms with van der Waals surface area (Å²) in [4.78, 5) is 2.23. The number of nitrogens with zero attached hydrogens (tertiary/aromatic N) is 4. The van der Waals surface area contributed by atoms with Gasteiger partial charge in [-0.3, -0.25) is 9.94 Å². The van der Waals surface area contributed by atoms with Crippen LogP contribution in [0.4, 0.5) is 37.7 Å². The van der Waals surface area contributed by atoms with Gasteiger partial charge < -0.3 is 14.7 Å². The predicted molar refractivity (Wildman–Crippen MR) is 168 cm³/mol. The first kappa shape index (κ1) is 40.5. The molecule has 5 rings (SSSR count). The van der Waals surface area contributed by atoms with Gasteiger partial charge in [0.2, 0.25) is 0 Å². The maximum absolute atomic E-state index is 13.8. The second-order valence-electron chi connectivity index (χ2n) is 10.5. The van der Waals surface area contributed by atoms with E-state index in [1.165, 1.54) is 52.0 Å². The zero-order valence-corrected chi connectivity index (χ0v) is 30.9. The Morgan fingerprint density at radius 1 is 1.04 bits per heavy atom. The average Bonchev–Trinajstić information content (AvgIpc) is 3.46. The molecule has 0 aliphatic carbocycles. The van der Waals surface area contributed by atoms with Crippen molar-refractivity contribution in [2.45, 2.75) is 30.7 Å². The molecule has 51 heavy (non-hydrogen) atoms. The summed E-state index contributed by atoms with van der Waals surface area (Å²) in [5.74, 6) is 0.474. The van der Waals surface area contributed by atoms with Crippen molar-refractivity contribution < 1.29 is 88.1 Å². The first-order valence-electron chi connectivity index (χ1n) is 14.1. The number of hydrogen-bond donors (Lipinski definition) is 0. The van der Waals surface area contributed by atoms with Crippen LogP contribution in [0, 0.1) is 11.3 Å². The summed E-state index contributed by atoms with van der Waals surface area (Å²) in [6, 6.07) is 12.9. The maximum atomic E-state index is 13.8. The summed E-state index contributed by atoms with van der Waals surface area (Å²) in [5.41, 5.74) is -1.42. The molecule has 0 saturated carbocycles. The van der Waals surface area contributed by atoms with E-state index in [-0.39, 0.29) is 88.8 Å². The van der Waals surface area contributed by atoms with E-state index in [0.29, 0.717) is 5.52 Å². The zero-order valence-electron chi connectivity index (χ0n) is 26.5. The molecule has 0 amide bonds. The number of benzene rings is 3. The van der Waals surface area contributed by atoms with E-state index in [1.54, 1.807) is 23.4 Å². The van der Waals surface area contributed by atoms with Gasteiger partial charge in [0.1, 0.15) is 34.5 Å². The molecule has 0 N–H and O–H groups in total. The molecular weight excluding hydrogens is 761 g/mol. The Bertz CT molecular complexity index is 2200. The van der Waals surface area contributed by atoms with E-state index in [2.05, 4.69) is 20.7 Å². The molecule has 0 bridgehead atoms. The molecular formula is C31H22ClF6N4NaO6S2. The van der Waals surface area contributed by atoms with Crippen LogP contribution in [0.3, 0.4) is 0 Å². The van der Waals surface area contributed by atoms with Crippen molar-refractivity contribution in [1.82, 2.24) is 4.57 Å². The van der Waals surface area contributed by atoms with E-state index >= 15 is 0 Å². The van der Waals surface area contributed by atoms with Gasteiger partial charge in [0.05, 0.1) is 39.5 Å². The van der Waals surface area contributed by atoms with Gasteiger partial charge in [-0.2, -0.15) is 30.7 Å². The first-order chi connectivity index (χ1) is 23.5. The molecule has 1 aliphatic heterocycles. The molecule has 0 unspecified atom stereocenters. The molecule has 1 aliphatic rings. The second kappa shape index (κ2) is 15.8. The van der Waals surface area contributed by atoms with Crippen LogP contribution in [-0.2, 0) is 45.4 Å². The van der Waals surface area contributed by atoms with Gasteiger partial charge in [0.25, 0.3) is 5.82 Å². The number of rotatable bonds is 8. The average molecular weight is 783 g/mol. The fourth-order valence-corrected chi connectivity index (χ4v) is 6.66. The van der Waals surface area contributed by atoms with Crippen LogP contribution < -0.4 is 49.2 Å². The van der Waals surface area contributed by atoms with Gasteiger partial charge in [0, 0.05) is 35.5 Å². The van der Waals surface area contributed by atoms with Crippen molar-refractivity contribution in [2.75, 3.05) is 16.3 Å². The summed E-state index contributed by atoms with van der Waals surface area (Å²) in [6.45, 7) is 1.60. The summed E-state index contributed by atoms with van der Waals surface area (Å²) in [7, 11) is -3.40. The minimum atomic E-state index is -4.96. The Hall–Kier alpha value is -3.22. The van der Waals surface area contributed by atoms with Crippen molar-refractivity contribution in [1.29, 1.82) is 0 Å². The molecule has 0 fully saturated rings. The van der Waals surface area contributed by atoms with Crippen LogP contribution in [-0.4, -0.2) is 24.1 Å². The molecule has 0 radical (unpaired) electrons. The normalized spacial score (nSPS) is 14.3. The molecule has 10 nitrogen and oxygen atoms in total. The number of hydrogen-bond acceptors (Lipinski definition) is 9. The fraction of sp³-hybridized carbons (Fsp3) is 0.194. The van der Waals surface area contributed by atoms with Crippen LogP contribution in [0.5, 0.6) is 0 Å². The Labute approximate surface area is 318 Å². The van der Waals surface area contributed by atoms with Crippen LogP contribution >= 0.6 is 23.6 Å². The number of anilines is 2. The molecule has 2 heterocycles. The number of imidazole rings is 1. The Morgan fingerprint density at radius 3 is 2.37 bits per heavy atom. The summed E-state index contributed by atoms with van der Waals surface area (Å²) in [6.07, 6.45) is -5.10. The van der Waals surface area contributed by atoms with Gasteiger partial charge in [0.15, 0.2) is 11.0 Å². The zero-order chi connectivity index (χ0) is 36.6. The fourth-order valence-electron chi connectivity index (χ4n) is 5.51. The van der Waals surface area contributed by atoms with Crippen molar-refractivity contribution in [3.8, 4) is 11.3 Å². The Balaban J connectivity index is 0.00000583. The maximum Gasteiger partial charge on any atom is 1.00 e. The topological polar surface area (TPSA) is 114 Å². The molecule has 3 aromatic carbocycles. The van der Waals surface area contributed by atoms with E-state index in [0.717, 1.165) is 30.3 Å². The number of alkyl halides is 6. The van der Waals surface area contributed by atoms with E-state index in [1.807, 2.05) is 0 Å². The summed E-state index contributed by atoms with van der Waals surface area (Å²) < 4.78 is 126. The van der Waals surface area contributed by atoms with Crippen molar-refractivity contribution in [3.05, 3.63) is 100 Å². The number of fused-ring (bicyclic) bond motifs is 2. The monoisotopic (exact) mass is 782 g/mol. The molecule has 4 aromatic rings. The minimum absolute atomic E-state index is 0. The molecule has 0 atom stereocenters. The Kier molecular flexibility index (Phi) is 12.6.